The smallest absolute Gasteiger partial charge is 0.317 e. The number of aromatic amines is 1. The molecule has 1 aromatic rings. The number of rotatable bonds is 6. The van der Waals surface area contributed by atoms with Crippen molar-refractivity contribution in [1.29, 1.82) is 0 Å². The van der Waals surface area contributed by atoms with Crippen molar-refractivity contribution in [1.82, 2.24) is 20.4 Å². The van der Waals surface area contributed by atoms with E-state index in [0.29, 0.717) is 26.1 Å². The molecule has 0 aliphatic carbocycles. The van der Waals surface area contributed by atoms with Gasteiger partial charge in [0.1, 0.15) is 0 Å². The first-order valence-electron chi connectivity index (χ1n) is 7.38. The minimum Gasteiger partial charge on any atom is -0.396 e. The van der Waals surface area contributed by atoms with Crippen molar-refractivity contribution in [2.24, 2.45) is 5.41 Å². The topological polar surface area (TPSA) is 81.2 Å². The minimum atomic E-state index is -0.0987. The third-order valence-corrected chi connectivity index (χ3v) is 3.24. The van der Waals surface area contributed by atoms with Crippen molar-refractivity contribution >= 4 is 6.03 Å². The van der Waals surface area contributed by atoms with Gasteiger partial charge in [-0.3, -0.25) is 5.10 Å². The number of aliphatic hydroxyl groups is 1. The summed E-state index contributed by atoms with van der Waals surface area (Å²) in [6, 6.07) is -0.0987. The summed E-state index contributed by atoms with van der Waals surface area (Å²) in [5.41, 5.74) is 2.94. The van der Waals surface area contributed by atoms with Gasteiger partial charge in [0.25, 0.3) is 0 Å². The summed E-state index contributed by atoms with van der Waals surface area (Å²) in [5.74, 6) is 0. The standard InChI is InChI=1S/C15H28N4O2/c1-11-13(12(2)18-17-11)9-16-14(21)19(7-6-8-20)10-15(3,4)5/h20H,6-10H2,1-5H3,(H,16,21)(H,17,18). The molecule has 0 aliphatic heterocycles. The molecule has 0 spiro atoms. The molecule has 21 heavy (non-hydrogen) atoms. The lowest BCUT2D eigenvalue weighted by atomic mass is 9.96. The van der Waals surface area contributed by atoms with Gasteiger partial charge in [0.05, 0.1) is 5.69 Å². The lowest BCUT2D eigenvalue weighted by Gasteiger charge is -2.30. The summed E-state index contributed by atoms with van der Waals surface area (Å²) in [4.78, 5) is 14.1. The number of urea groups is 1. The Morgan fingerprint density at radius 2 is 2.05 bits per heavy atom. The number of aromatic nitrogens is 2. The highest BCUT2D eigenvalue weighted by Gasteiger charge is 2.21. The maximum Gasteiger partial charge on any atom is 0.317 e. The van der Waals surface area contributed by atoms with Gasteiger partial charge in [-0.2, -0.15) is 5.10 Å². The average molecular weight is 296 g/mol. The Morgan fingerprint density at radius 3 is 2.52 bits per heavy atom. The lowest BCUT2D eigenvalue weighted by Crippen LogP contribution is -2.44. The number of amides is 2. The van der Waals surface area contributed by atoms with Crippen molar-refractivity contribution in [3.63, 3.8) is 0 Å². The molecule has 3 N–H and O–H groups in total. The minimum absolute atomic E-state index is 0.0221. The average Bonchev–Trinajstić information content (AvgIpc) is 2.70. The van der Waals surface area contributed by atoms with Gasteiger partial charge < -0.3 is 15.3 Å². The molecule has 6 nitrogen and oxygen atoms in total. The van der Waals surface area contributed by atoms with Crippen molar-refractivity contribution in [3.8, 4) is 0 Å². The van der Waals surface area contributed by atoms with Crippen molar-refractivity contribution in [2.75, 3.05) is 19.7 Å². The number of nitrogens with one attached hydrogen (secondary N) is 2. The molecule has 2 amide bonds. The number of aliphatic hydroxyl groups excluding tert-OH is 1. The van der Waals surface area contributed by atoms with Crippen LogP contribution in [0.1, 0.15) is 44.1 Å². The van der Waals surface area contributed by atoms with Crippen LogP contribution in [-0.4, -0.2) is 45.9 Å². The fourth-order valence-electron chi connectivity index (χ4n) is 2.20. The molecule has 1 aromatic heterocycles. The first kappa shape index (κ1) is 17.5. The molecule has 6 heteroatoms. The van der Waals surface area contributed by atoms with Crippen molar-refractivity contribution in [3.05, 3.63) is 17.0 Å². The van der Waals surface area contributed by atoms with Crippen LogP contribution in [0.15, 0.2) is 0 Å². The third-order valence-electron chi connectivity index (χ3n) is 3.24. The van der Waals surface area contributed by atoms with Crippen LogP contribution in [0, 0.1) is 19.3 Å². The summed E-state index contributed by atoms with van der Waals surface area (Å²) < 4.78 is 0. The molecular formula is C15H28N4O2. The van der Waals surface area contributed by atoms with Gasteiger partial charge in [-0.25, -0.2) is 4.79 Å². The van der Waals surface area contributed by atoms with Crippen LogP contribution in [0.3, 0.4) is 0 Å². The van der Waals surface area contributed by atoms with E-state index in [4.69, 9.17) is 5.11 Å². The zero-order valence-electron chi connectivity index (χ0n) is 13.8. The number of aryl methyl sites for hydroxylation is 2. The number of hydrogen-bond acceptors (Lipinski definition) is 3. The van der Waals surface area contributed by atoms with Crippen LogP contribution in [0.25, 0.3) is 0 Å². The molecule has 1 rings (SSSR count). The zero-order chi connectivity index (χ0) is 16.0. The van der Waals surface area contributed by atoms with Crippen LogP contribution < -0.4 is 5.32 Å². The molecular weight excluding hydrogens is 268 g/mol. The van der Waals surface area contributed by atoms with E-state index in [9.17, 15) is 4.79 Å². The van der Waals surface area contributed by atoms with Gasteiger partial charge in [-0.05, 0) is 25.7 Å². The molecule has 0 aliphatic rings. The summed E-state index contributed by atoms with van der Waals surface area (Å²) in [6.45, 7) is 11.9. The molecule has 0 saturated carbocycles. The van der Waals surface area contributed by atoms with E-state index < -0.39 is 0 Å². The van der Waals surface area contributed by atoms with Crippen molar-refractivity contribution < 1.29 is 9.90 Å². The Labute approximate surface area is 126 Å². The first-order valence-corrected chi connectivity index (χ1v) is 7.38. The second kappa shape index (κ2) is 7.45. The van der Waals surface area contributed by atoms with Crippen molar-refractivity contribution in [2.45, 2.75) is 47.6 Å². The van der Waals surface area contributed by atoms with E-state index in [-0.39, 0.29) is 18.1 Å². The third kappa shape index (κ3) is 5.75. The summed E-state index contributed by atoms with van der Waals surface area (Å²) in [7, 11) is 0. The predicted octanol–water partition coefficient (Wildman–Crippen LogP) is 1.97. The van der Waals surface area contributed by atoms with Crippen LogP contribution in [0.4, 0.5) is 4.79 Å². The molecule has 1 heterocycles. The second-order valence-electron chi connectivity index (χ2n) is 6.63. The Hall–Kier alpha value is -1.56. The Kier molecular flexibility index (Phi) is 6.20. The lowest BCUT2D eigenvalue weighted by molar-refractivity contribution is 0.164. The zero-order valence-corrected chi connectivity index (χ0v) is 13.8. The predicted molar refractivity (Wildman–Crippen MR) is 83.0 cm³/mol. The summed E-state index contributed by atoms with van der Waals surface area (Å²) in [6.07, 6.45) is 0.591. The van der Waals surface area contributed by atoms with E-state index in [0.717, 1.165) is 17.0 Å². The molecule has 0 saturated heterocycles. The second-order valence-corrected chi connectivity index (χ2v) is 6.63. The molecule has 120 valence electrons. The number of carbonyl (C=O) groups is 1. The highest BCUT2D eigenvalue weighted by atomic mass is 16.3. The van der Waals surface area contributed by atoms with E-state index in [1.807, 2.05) is 13.8 Å². The van der Waals surface area contributed by atoms with Gasteiger partial charge in [-0.1, -0.05) is 20.8 Å². The molecule has 0 aromatic carbocycles. The molecule has 0 bridgehead atoms. The SMILES string of the molecule is Cc1n[nH]c(C)c1CNC(=O)N(CCCO)CC(C)(C)C. The van der Waals surface area contributed by atoms with Crippen LogP contribution in [-0.2, 0) is 6.54 Å². The van der Waals surface area contributed by atoms with Gasteiger partial charge in [-0.15, -0.1) is 0 Å². The van der Waals surface area contributed by atoms with Gasteiger partial charge in [0.2, 0.25) is 0 Å². The first-order chi connectivity index (χ1) is 9.74. The number of carbonyl (C=O) groups excluding carboxylic acids is 1. The van der Waals surface area contributed by atoms with Crippen LogP contribution >= 0.6 is 0 Å². The Balaban J connectivity index is 2.63. The molecule has 0 radical (unpaired) electrons. The fourth-order valence-corrected chi connectivity index (χ4v) is 2.20. The fraction of sp³-hybridized carbons (Fsp3) is 0.733. The summed E-state index contributed by atoms with van der Waals surface area (Å²) in [5, 5.41) is 19.0. The van der Waals surface area contributed by atoms with E-state index in [1.54, 1.807) is 4.90 Å². The highest BCUT2D eigenvalue weighted by molar-refractivity contribution is 5.74. The maximum absolute atomic E-state index is 12.3. The monoisotopic (exact) mass is 296 g/mol. The Morgan fingerprint density at radius 1 is 1.38 bits per heavy atom. The number of nitrogens with zero attached hydrogens (tertiary/aromatic N) is 2. The van der Waals surface area contributed by atoms with E-state index in [2.05, 4.69) is 36.3 Å². The maximum atomic E-state index is 12.3. The quantitative estimate of drug-likeness (QED) is 0.750. The van der Waals surface area contributed by atoms with Gasteiger partial charge in [0, 0.05) is 37.5 Å². The molecule has 0 atom stereocenters. The normalized spacial score (nSPS) is 11.5. The highest BCUT2D eigenvalue weighted by Crippen LogP contribution is 2.16. The molecule has 0 unspecified atom stereocenters. The van der Waals surface area contributed by atoms with Crippen LogP contribution in [0.5, 0.6) is 0 Å². The Bertz CT molecular complexity index is 443. The molecule has 0 fully saturated rings. The van der Waals surface area contributed by atoms with E-state index >= 15 is 0 Å². The van der Waals surface area contributed by atoms with E-state index in [1.165, 1.54) is 0 Å². The van der Waals surface area contributed by atoms with Gasteiger partial charge >= 0.3 is 6.03 Å². The largest absolute Gasteiger partial charge is 0.396 e. The summed E-state index contributed by atoms with van der Waals surface area (Å²) >= 11 is 0. The van der Waals surface area contributed by atoms with Gasteiger partial charge in [0.15, 0.2) is 0 Å². The number of hydrogen-bond donors (Lipinski definition) is 3. The number of H-pyrrole nitrogens is 1. The van der Waals surface area contributed by atoms with Crippen LogP contribution in [0.2, 0.25) is 0 Å².